The first kappa shape index (κ1) is 40.9. The van der Waals surface area contributed by atoms with E-state index in [0.29, 0.717) is 11.6 Å². The van der Waals surface area contributed by atoms with Crippen molar-refractivity contribution in [1.82, 2.24) is 20.1 Å². The number of methoxy groups -OCH3 is 1. The summed E-state index contributed by atoms with van der Waals surface area (Å²) in [4.78, 5) is 45.6. The maximum Gasteiger partial charge on any atom is 0.416 e. The van der Waals surface area contributed by atoms with Crippen molar-refractivity contribution in [3.05, 3.63) is 143 Å². The third-order valence-electron chi connectivity index (χ3n) is 9.03. The number of amides is 2. The lowest BCUT2D eigenvalue weighted by Gasteiger charge is -2.25. The zero-order valence-electron chi connectivity index (χ0n) is 32.6. The summed E-state index contributed by atoms with van der Waals surface area (Å²) in [5.41, 5.74) is 4.29. The van der Waals surface area contributed by atoms with Crippen LogP contribution in [0.4, 0.5) is 18.9 Å². The fraction of sp³-hybridized carbons (Fsp3) is 0.222. The van der Waals surface area contributed by atoms with Crippen LogP contribution in [0.15, 0.2) is 115 Å². The third-order valence-corrected chi connectivity index (χ3v) is 9.03. The van der Waals surface area contributed by atoms with Gasteiger partial charge < -0.3 is 19.7 Å². The number of H-pyrrole nitrogens is 1. The van der Waals surface area contributed by atoms with Crippen LogP contribution in [0.2, 0.25) is 0 Å². The van der Waals surface area contributed by atoms with Crippen LogP contribution in [-0.2, 0) is 33.5 Å². The number of esters is 1. The first-order chi connectivity index (χ1) is 27.5. The van der Waals surface area contributed by atoms with Gasteiger partial charge in [-0.25, -0.2) is 4.98 Å². The second-order valence-corrected chi connectivity index (χ2v) is 14.7. The van der Waals surface area contributed by atoms with Crippen molar-refractivity contribution < 1.29 is 37.0 Å². The summed E-state index contributed by atoms with van der Waals surface area (Å²) in [7, 11) is 1.26. The van der Waals surface area contributed by atoms with Gasteiger partial charge in [0, 0.05) is 28.9 Å². The summed E-state index contributed by atoms with van der Waals surface area (Å²) in [5.74, 6) is -0.638. The number of halogens is 3. The van der Waals surface area contributed by atoms with Gasteiger partial charge >= 0.3 is 12.1 Å². The summed E-state index contributed by atoms with van der Waals surface area (Å²) < 4.78 is 51.4. The molecule has 2 N–H and O–H groups in total. The summed E-state index contributed by atoms with van der Waals surface area (Å²) in [6.07, 6.45) is -5.22. The maximum atomic E-state index is 13.8. The fourth-order valence-electron chi connectivity index (χ4n) is 6.15. The quantitative estimate of drug-likeness (QED) is 0.118. The average Bonchev–Trinajstić information content (AvgIpc) is 3.68. The van der Waals surface area contributed by atoms with Crippen LogP contribution in [0, 0.1) is 6.92 Å². The number of nitrogens with one attached hydrogen (secondary N) is 2. The Balaban J connectivity index is 1.13. The molecule has 10 nitrogen and oxygen atoms in total. The summed E-state index contributed by atoms with van der Waals surface area (Å²) in [6, 6.07) is 33.0. The molecule has 0 aliphatic carbocycles. The minimum absolute atomic E-state index is 0.0201. The molecule has 1 aromatic heterocycles. The number of alkyl halides is 3. The number of carbonyl (C=O) groups excluding carboxylic acids is 3. The lowest BCUT2D eigenvalue weighted by molar-refractivity contribution is -0.155. The molecule has 298 valence electrons. The number of ether oxygens (including phenoxy) is 2. The number of nitrogens with zero attached hydrogens (tertiary/aromatic N) is 3. The molecule has 0 atom stereocenters. The van der Waals surface area contributed by atoms with Gasteiger partial charge in [-0.3, -0.25) is 19.5 Å². The van der Waals surface area contributed by atoms with Crippen molar-refractivity contribution in [2.24, 2.45) is 0 Å². The third kappa shape index (κ3) is 10.5. The van der Waals surface area contributed by atoms with Crippen molar-refractivity contribution in [3.8, 4) is 39.7 Å². The standard InChI is InChI=1S/C45H42F3N5O5/c1-28-6-10-30(11-7-28)31-14-16-33(17-15-31)42-50-41(51-52-42)32-12-8-29(9-13-32)26-53(27-40(55)58-44(2,3)4)43(56)34-18-21-36(22-19-34)49-39(54)24-35-20-23-37(57-5)25-38(35)45(46,47)48/h6-23,25H,24,26-27H2,1-5H3,(H,49,54)(H,50,51,52). The fourth-order valence-corrected chi connectivity index (χ4v) is 6.15. The van der Waals surface area contributed by atoms with Gasteiger partial charge in [0.1, 0.15) is 17.9 Å². The minimum Gasteiger partial charge on any atom is -0.497 e. The smallest absolute Gasteiger partial charge is 0.416 e. The van der Waals surface area contributed by atoms with Gasteiger partial charge in [-0.2, -0.15) is 18.3 Å². The minimum atomic E-state index is -4.68. The van der Waals surface area contributed by atoms with E-state index >= 15 is 0 Å². The van der Waals surface area contributed by atoms with Crippen molar-refractivity contribution in [1.29, 1.82) is 0 Å². The summed E-state index contributed by atoms with van der Waals surface area (Å²) in [6.45, 7) is 6.97. The highest BCUT2D eigenvalue weighted by atomic mass is 19.4. The van der Waals surface area contributed by atoms with E-state index in [1.54, 1.807) is 20.8 Å². The Morgan fingerprint density at radius 2 is 1.38 bits per heavy atom. The number of aromatic nitrogens is 3. The van der Waals surface area contributed by atoms with E-state index in [2.05, 4.69) is 46.7 Å². The van der Waals surface area contributed by atoms with E-state index in [1.165, 1.54) is 54.0 Å². The Hall–Kier alpha value is -6.76. The monoisotopic (exact) mass is 789 g/mol. The van der Waals surface area contributed by atoms with Gasteiger partial charge in [-0.15, -0.1) is 0 Å². The highest BCUT2D eigenvalue weighted by Gasteiger charge is 2.34. The SMILES string of the molecule is COc1ccc(CC(=O)Nc2ccc(C(=O)N(CC(=O)OC(C)(C)C)Cc3ccc(-c4n[nH]c(-c5ccc(-c6ccc(C)cc6)cc5)n4)cc3)cc2)c(C(F)(F)F)c1. The van der Waals surface area contributed by atoms with Gasteiger partial charge in [0.05, 0.1) is 19.1 Å². The molecular weight excluding hydrogens is 748 g/mol. The Morgan fingerprint density at radius 1 is 0.776 bits per heavy atom. The predicted octanol–water partition coefficient (Wildman–Crippen LogP) is 9.31. The van der Waals surface area contributed by atoms with Crippen LogP contribution in [0.25, 0.3) is 33.9 Å². The Bertz CT molecular complexity index is 2390. The number of aryl methyl sites for hydroxylation is 1. The number of aromatic amines is 1. The number of carbonyl (C=O) groups is 3. The van der Waals surface area contributed by atoms with E-state index in [0.717, 1.165) is 33.9 Å². The molecule has 0 aliphatic rings. The summed E-state index contributed by atoms with van der Waals surface area (Å²) in [5, 5.41) is 10.0. The molecule has 0 bridgehead atoms. The van der Waals surface area contributed by atoms with E-state index in [9.17, 15) is 27.6 Å². The van der Waals surface area contributed by atoms with E-state index in [4.69, 9.17) is 14.5 Å². The van der Waals surface area contributed by atoms with Crippen LogP contribution in [0.1, 0.15) is 53.4 Å². The number of benzene rings is 5. The van der Waals surface area contributed by atoms with Gasteiger partial charge in [-0.1, -0.05) is 84.4 Å². The molecule has 6 rings (SSSR count). The zero-order chi connectivity index (χ0) is 41.6. The van der Waals surface area contributed by atoms with Crippen LogP contribution < -0.4 is 10.1 Å². The highest BCUT2D eigenvalue weighted by molar-refractivity contribution is 5.97. The van der Waals surface area contributed by atoms with Crippen LogP contribution in [0.3, 0.4) is 0 Å². The molecule has 58 heavy (non-hydrogen) atoms. The molecule has 5 aromatic carbocycles. The molecule has 13 heteroatoms. The highest BCUT2D eigenvalue weighted by Crippen LogP contribution is 2.35. The number of rotatable bonds is 12. The molecule has 0 radical (unpaired) electrons. The lowest BCUT2D eigenvalue weighted by Crippen LogP contribution is -2.38. The van der Waals surface area contributed by atoms with E-state index in [1.807, 2.05) is 48.5 Å². The molecule has 1 heterocycles. The molecule has 0 spiro atoms. The second kappa shape index (κ2) is 17.2. The molecule has 6 aromatic rings. The zero-order valence-corrected chi connectivity index (χ0v) is 32.6. The van der Waals surface area contributed by atoms with Gasteiger partial charge in [0.2, 0.25) is 5.91 Å². The Morgan fingerprint density at radius 3 is 1.98 bits per heavy atom. The second-order valence-electron chi connectivity index (χ2n) is 14.7. The van der Waals surface area contributed by atoms with E-state index in [-0.39, 0.29) is 35.7 Å². The molecule has 0 fully saturated rings. The first-order valence-corrected chi connectivity index (χ1v) is 18.4. The first-order valence-electron chi connectivity index (χ1n) is 18.4. The van der Waals surface area contributed by atoms with E-state index < -0.39 is 41.5 Å². The van der Waals surface area contributed by atoms with Crippen molar-refractivity contribution in [2.75, 3.05) is 19.0 Å². The van der Waals surface area contributed by atoms with Crippen LogP contribution in [-0.4, -0.2) is 57.1 Å². The molecule has 0 saturated heterocycles. The largest absolute Gasteiger partial charge is 0.497 e. The maximum absolute atomic E-state index is 13.8. The molecule has 0 aliphatic heterocycles. The normalized spacial score (nSPS) is 11.5. The Labute approximate surface area is 334 Å². The molecule has 0 saturated carbocycles. The predicted molar refractivity (Wildman–Crippen MR) is 215 cm³/mol. The van der Waals surface area contributed by atoms with Crippen molar-refractivity contribution in [2.45, 2.75) is 52.4 Å². The summed E-state index contributed by atoms with van der Waals surface area (Å²) >= 11 is 0. The van der Waals surface area contributed by atoms with Gasteiger partial charge in [0.15, 0.2) is 11.6 Å². The van der Waals surface area contributed by atoms with Crippen LogP contribution in [0.5, 0.6) is 5.75 Å². The van der Waals surface area contributed by atoms with Crippen LogP contribution >= 0.6 is 0 Å². The van der Waals surface area contributed by atoms with Gasteiger partial charge in [-0.05, 0) is 86.3 Å². The Kier molecular flexibility index (Phi) is 12.1. The average molecular weight is 790 g/mol. The molecule has 0 unspecified atom stereocenters. The number of anilines is 1. The number of hydrogen-bond donors (Lipinski definition) is 2. The number of hydrogen-bond acceptors (Lipinski definition) is 7. The molecular formula is C45H42F3N5O5. The lowest BCUT2D eigenvalue weighted by atomic mass is 10.0. The topological polar surface area (TPSA) is 127 Å². The van der Waals surface area contributed by atoms with Crippen molar-refractivity contribution in [3.63, 3.8) is 0 Å². The van der Waals surface area contributed by atoms with Crippen molar-refractivity contribution >= 4 is 23.5 Å². The van der Waals surface area contributed by atoms with Gasteiger partial charge in [0.25, 0.3) is 5.91 Å². The molecule has 2 amide bonds.